The van der Waals surface area contributed by atoms with E-state index >= 15 is 0 Å². The smallest absolute Gasteiger partial charge is 0.124 e. The molecule has 0 heterocycles. The Morgan fingerprint density at radius 2 is 2.07 bits per heavy atom. The largest absolute Gasteiger partial charge is 0.402 e. The molecule has 0 rings (SSSR count). The van der Waals surface area contributed by atoms with Crippen LogP contribution in [0.25, 0.3) is 0 Å². The van der Waals surface area contributed by atoms with Gasteiger partial charge in [0, 0.05) is 11.4 Å². The highest BCUT2D eigenvalue weighted by Crippen LogP contribution is 2.04. The Morgan fingerprint density at radius 3 is 2.53 bits per heavy atom. The molecule has 4 N–H and O–H groups in total. The van der Waals surface area contributed by atoms with Gasteiger partial charge in [-0.15, -0.1) is 6.42 Å². The molecule has 0 fully saturated rings. The third-order valence-corrected chi connectivity index (χ3v) is 1.56. The molecule has 15 heavy (non-hydrogen) atoms. The Balaban J connectivity index is 4.51. The van der Waals surface area contributed by atoms with Crippen molar-refractivity contribution in [3.8, 4) is 12.3 Å². The first-order valence-electron chi connectivity index (χ1n) is 4.41. The van der Waals surface area contributed by atoms with E-state index in [1.165, 1.54) is 23.2 Å². The van der Waals surface area contributed by atoms with Gasteiger partial charge in [-0.1, -0.05) is 5.92 Å². The van der Waals surface area contributed by atoms with Crippen LogP contribution in [-0.4, -0.2) is 11.6 Å². The minimum atomic E-state index is -0.427. The van der Waals surface area contributed by atoms with Crippen molar-refractivity contribution < 1.29 is 4.39 Å². The zero-order valence-electron chi connectivity index (χ0n) is 9.00. The van der Waals surface area contributed by atoms with Crippen LogP contribution in [0.15, 0.2) is 35.4 Å². The fourth-order valence-electron chi connectivity index (χ4n) is 0.785. The molecule has 0 aliphatic carbocycles. The van der Waals surface area contributed by atoms with E-state index in [1.54, 1.807) is 13.8 Å². The molecule has 0 aromatic heterocycles. The molecule has 82 valence electrons. The second kappa shape index (κ2) is 6.68. The molecule has 0 unspecified atom stereocenters. The first-order chi connectivity index (χ1) is 6.97. The summed E-state index contributed by atoms with van der Waals surface area (Å²) in [5.41, 5.74) is 6.38. The molecule has 4 heteroatoms. The minimum Gasteiger partial charge on any atom is -0.402 e. The number of hydrazine groups is 1. The second-order valence-corrected chi connectivity index (χ2v) is 3.08. The predicted octanol–water partition coefficient (Wildman–Crippen LogP) is 1.42. The van der Waals surface area contributed by atoms with Gasteiger partial charge in [0.1, 0.15) is 5.83 Å². The van der Waals surface area contributed by atoms with Crippen molar-refractivity contribution in [3.63, 3.8) is 0 Å². The van der Waals surface area contributed by atoms with Crippen LogP contribution in [0.5, 0.6) is 0 Å². The predicted molar refractivity (Wildman–Crippen MR) is 60.6 cm³/mol. The molecule has 0 amide bonds. The van der Waals surface area contributed by atoms with E-state index in [-0.39, 0.29) is 6.54 Å². The summed E-state index contributed by atoms with van der Waals surface area (Å²) in [5.74, 6) is 7.50. The average Bonchev–Trinajstić information content (AvgIpc) is 2.13. The van der Waals surface area contributed by atoms with Crippen molar-refractivity contribution in [1.82, 2.24) is 5.01 Å². The van der Waals surface area contributed by atoms with Gasteiger partial charge in [0.2, 0.25) is 0 Å². The van der Waals surface area contributed by atoms with E-state index in [2.05, 4.69) is 5.92 Å². The molecule has 3 nitrogen and oxygen atoms in total. The molecule has 0 aromatic rings. The van der Waals surface area contributed by atoms with Crippen LogP contribution < -0.4 is 11.6 Å². The fourth-order valence-corrected chi connectivity index (χ4v) is 0.785. The van der Waals surface area contributed by atoms with Crippen molar-refractivity contribution in [2.24, 2.45) is 11.6 Å². The Bertz CT molecular complexity index is 330. The summed E-state index contributed by atoms with van der Waals surface area (Å²) in [4.78, 5) is 0. The lowest BCUT2D eigenvalue weighted by atomic mass is 10.3. The highest BCUT2D eigenvalue weighted by Gasteiger charge is 1.95. The van der Waals surface area contributed by atoms with Gasteiger partial charge in [-0.2, -0.15) is 0 Å². The zero-order chi connectivity index (χ0) is 11.8. The SMILES string of the molecule is C#CCN(N)/C(C)=C/C=C(F)\C=C(/C)N. The molecular formula is C11H16FN3. The molecule has 0 aliphatic rings. The lowest BCUT2D eigenvalue weighted by molar-refractivity contribution is 0.406. The summed E-state index contributed by atoms with van der Waals surface area (Å²) in [7, 11) is 0. The van der Waals surface area contributed by atoms with Crippen molar-refractivity contribution >= 4 is 0 Å². The van der Waals surface area contributed by atoms with E-state index < -0.39 is 5.83 Å². The molecule has 0 saturated carbocycles. The summed E-state index contributed by atoms with van der Waals surface area (Å²) in [6.45, 7) is 3.63. The average molecular weight is 209 g/mol. The number of nitrogens with two attached hydrogens (primary N) is 2. The maximum atomic E-state index is 13.0. The molecule has 0 saturated heterocycles. The summed E-state index contributed by atoms with van der Waals surface area (Å²) < 4.78 is 13.0. The molecular weight excluding hydrogens is 193 g/mol. The van der Waals surface area contributed by atoms with Gasteiger partial charge in [0.05, 0.1) is 6.54 Å². The minimum absolute atomic E-state index is 0.281. The number of nitrogens with zero attached hydrogens (tertiary/aromatic N) is 1. The number of hydrogen-bond donors (Lipinski definition) is 2. The lowest BCUT2D eigenvalue weighted by Crippen LogP contribution is -2.29. The Labute approximate surface area is 89.9 Å². The Hall–Kier alpha value is -1.73. The number of halogens is 1. The van der Waals surface area contributed by atoms with Crippen LogP contribution in [0, 0.1) is 12.3 Å². The first-order valence-corrected chi connectivity index (χ1v) is 4.41. The second-order valence-electron chi connectivity index (χ2n) is 3.08. The van der Waals surface area contributed by atoms with Gasteiger partial charge in [-0.3, -0.25) is 0 Å². The maximum Gasteiger partial charge on any atom is 0.124 e. The Kier molecular flexibility index (Phi) is 5.91. The van der Waals surface area contributed by atoms with E-state index in [4.69, 9.17) is 18.0 Å². The van der Waals surface area contributed by atoms with Gasteiger partial charge >= 0.3 is 0 Å². The van der Waals surface area contributed by atoms with Crippen LogP contribution in [-0.2, 0) is 0 Å². The van der Waals surface area contributed by atoms with Crippen molar-refractivity contribution in [2.75, 3.05) is 6.54 Å². The first kappa shape index (κ1) is 13.3. The van der Waals surface area contributed by atoms with E-state index in [1.807, 2.05) is 0 Å². The molecule has 0 bridgehead atoms. The molecule has 0 radical (unpaired) electrons. The van der Waals surface area contributed by atoms with Gasteiger partial charge < -0.3 is 10.7 Å². The normalized spacial score (nSPS) is 13.7. The third-order valence-electron chi connectivity index (χ3n) is 1.56. The number of terminal acetylenes is 1. The molecule has 0 atom stereocenters. The number of rotatable bonds is 4. The zero-order valence-corrected chi connectivity index (χ0v) is 9.00. The van der Waals surface area contributed by atoms with Crippen LogP contribution in [0.1, 0.15) is 13.8 Å². The quantitative estimate of drug-likeness (QED) is 0.318. The highest BCUT2D eigenvalue weighted by molar-refractivity contribution is 5.21. The fraction of sp³-hybridized carbons (Fsp3) is 0.273. The van der Waals surface area contributed by atoms with Crippen molar-refractivity contribution in [3.05, 3.63) is 35.4 Å². The van der Waals surface area contributed by atoms with Crippen LogP contribution >= 0.6 is 0 Å². The van der Waals surface area contributed by atoms with Crippen LogP contribution in [0.2, 0.25) is 0 Å². The highest BCUT2D eigenvalue weighted by atomic mass is 19.1. The number of allylic oxidation sites excluding steroid dienone is 6. The number of hydrogen-bond acceptors (Lipinski definition) is 3. The van der Waals surface area contributed by atoms with E-state index in [0.29, 0.717) is 11.4 Å². The summed E-state index contributed by atoms with van der Waals surface area (Å²) in [5, 5.41) is 1.35. The monoisotopic (exact) mass is 209 g/mol. The van der Waals surface area contributed by atoms with Crippen LogP contribution in [0.4, 0.5) is 4.39 Å². The van der Waals surface area contributed by atoms with E-state index in [9.17, 15) is 4.39 Å². The molecule has 0 aromatic carbocycles. The van der Waals surface area contributed by atoms with Gasteiger partial charge in [-0.25, -0.2) is 10.2 Å². The maximum absolute atomic E-state index is 13.0. The topological polar surface area (TPSA) is 55.3 Å². The molecule has 0 spiro atoms. The standard InChI is InChI=1S/C11H16FN3/c1-4-7-15(14)10(3)5-6-11(12)8-9(2)13/h1,5-6,8H,7,13-14H2,2-3H3/b9-8+,10-5+,11-6+. The molecule has 0 aliphatic heterocycles. The van der Waals surface area contributed by atoms with Crippen molar-refractivity contribution in [2.45, 2.75) is 13.8 Å². The Morgan fingerprint density at radius 1 is 1.47 bits per heavy atom. The van der Waals surface area contributed by atoms with Gasteiger partial charge in [-0.05, 0) is 32.1 Å². The third kappa shape index (κ3) is 6.36. The lowest BCUT2D eigenvalue weighted by Gasteiger charge is -2.14. The summed E-state index contributed by atoms with van der Waals surface area (Å²) in [6, 6.07) is 0. The summed E-state index contributed by atoms with van der Waals surface area (Å²) >= 11 is 0. The van der Waals surface area contributed by atoms with Gasteiger partial charge in [0.15, 0.2) is 0 Å². The van der Waals surface area contributed by atoms with E-state index in [0.717, 1.165) is 0 Å². The van der Waals surface area contributed by atoms with Gasteiger partial charge in [0.25, 0.3) is 0 Å². The van der Waals surface area contributed by atoms with Crippen LogP contribution in [0.3, 0.4) is 0 Å². The summed E-state index contributed by atoms with van der Waals surface area (Å²) in [6.07, 6.45) is 9.12. The van der Waals surface area contributed by atoms with Crippen molar-refractivity contribution in [1.29, 1.82) is 0 Å².